The van der Waals surface area contributed by atoms with E-state index in [0.717, 1.165) is 5.56 Å². The molecule has 2 aromatic rings. The van der Waals surface area contributed by atoms with E-state index in [-0.39, 0.29) is 18.0 Å². The number of aromatic nitrogens is 2. The van der Waals surface area contributed by atoms with Gasteiger partial charge in [0.2, 0.25) is 0 Å². The molecule has 0 radical (unpaired) electrons. The van der Waals surface area contributed by atoms with Crippen LogP contribution >= 0.6 is 0 Å². The number of nitrogens with one attached hydrogen (secondary N) is 1. The zero-order valence-corrected chi connectivity index (χ0v) is 11.0. The lowest BCUT2D eigenvalue weighted by Gasteiger charge is -2.04. The van der Waals surface area contributed by atoms with Gasteiger partial charge in [-0.25, -0.2) is 5.43 Å². The van der Waals surface area contributed by atoms with Gasteiger partial charge in [-0.05, 0) is 25.1 Å². The summed E-state index contributed by atoms with van der Waals surface area (Å²) in [6, 6.07) is 8.32. The van der Waals surface area contributed by atoms with Crippen LogP contribution in [0.4, 0.5) is 0 Å². The predicted molar refractivity (Wildman–Crippen MR) is 75.3 cm³/mol. The van der Waals surface area contributed by atoms with Crippen LogP contribution in [0.2, 0.25) is 0 Å². The number of pyridine rings is 2. The van der Waals surface area contributed by atoms with E-state index in [1.165, 1.54) is 10.6 Å². The number of carbonyl (C=O) groups is 1. The van der Waals surface area contributed by atoms with E-state index in [1.807, 2.05) is 0 Å². The van der Waals surface area contributed by atoms with E-state index < -0.39 is 0 Å². The number of nitrogens with zero attached hydrogens (tertiary/aromatic N) is 3. The third-order valence-corrected chi connectivity index (χ3v) is 2.66. The van der Waals surface area contributed by atoms with Gasteiger partial charge in [-0.2, -0.15) is 5.10 Å². The maximum atomic E-state index is 11.7. The highest BCUT2D eigenvalue weighted by Crippen LogP contribution is 1.97. The first kappa shape index (κ1) is 13.7. The van der Waals surface area contributed by atoms with Crippen molar-refractivity contribution in [3.63, 3.8) is 0 Å². The Balaban J connectivity index is 1.99. The van der Waals surface area contributed by atoms with Crippen molar-refractivity contribution in [2.45, 2.75) is 13.5 Å². The smallest absolute Gasteiger partial charge is 0.260 e. The molecular formula is C14H14N4O2. The summed E-state index contributed by atoms with van der Waals surface area (Å²) in [5.41, 5.74) is 3.74. The average Bonchev–Trinajstić information content (AvgIpc) is 2.48. The standard InChI is InChI=1S/C14H14N4O2/c1-11(12-5-7-15-8-6-12)16-17-13(19)10-18-9-3-2-4-14(18)20/h2-9H,10H2,1H3,(H,17,19)/b16-11-. The molecule has 6 nitrogen and oxygen atoms in total. The third kappa shape index (κ3) is 3.61. The highest BCUT2D eigenvalue weighted by atomic mass is 16.2. The van der Waals surface area contributed by atoms with E-state index in [2.05, 4.69) is 15.5 Å². The molecule has 20 heavy (non-hydrogen) atoms. The van der Waals surface area contributed by atoms with Crippen LogP contribution in [0.25, 0.3) is 0 Å². The lowest BCUT2D eigenvalue weighted by molar-refractivity contribution is -0.121. The van der Waals surface area contributed by atoms with Crippen LogP contribution in [-0.2, 0) is 11.3 Å². The molecule has 102 valence electrons. The van der Waals surface area contributed by atoms with Gasteiger partial charge in [0.25, 0.3) is 11.5 Å². The van der Waals surface area contributed by atoms with Crippen molar-refractivity contribution in [3.8, 4) is 0 Å². The Morgan fingerprint density at radius 1 is 1.30 bits per heavy atom. The molecule has 1 amide bonds. The Labute approximate surface area is 115 Å². The topological polar surface area (TPSA) is 76.3 Å². The minimum atomic E-state index is -0.355. The summed E-state index contributed by atoms with van der Waals surface area (Å²) >= 11 is 0. The molecule has 0 spiro atoms. The zero-order valence-electron chi connectivity index (χ0n) is 11.0. The Morgan fingerprint density at radius 2 is 2.05 bits per heavy atom. The summed E-state index contributed by atoms with van der Waals surface area (Å²) < 4.78 is 1.31. The highest BCUT2D eigenvalue weighted by Gasteiger charge is 2.03. The number of carbonyl (C=O) groups excluding carboxylic acids is 1. The quantitative estimate of drug-likeness (QED) is 0.659. The normalized spacial score (nSPS) is 11.2. The second-order valence-corrected chi connectivity index (χ2v) is 4.13. The molecule has 0 aliphatic carbocycles. The molecular weight excluding hydrogens is 256 g/mol. The van der Waals surface area contributed by atoms with Crippen LogP contribution in [0.3, 0.4) is 0 Å². The van der Waals surface area contributed by atoms with Crippen LogP contribution in [0.15, 0.2) is 58.8 Å². The second-order valence-electron chi connectivity index (χ2n) is 4.13. The Kier molecular flexibility index (Phi) is 4.39. The first-order valence-corrected chi connectivity index (χ1v) is 6.06. The molecule has 0 saturated heterocycles. The number of rotatable bonds is 4. The van der Waals surface area contributed by atoms with Gasteiger partial charge in [0.15, 0.2) is 0 Å². The first-order chi connectivity index (χ1) is 9.66. The summed E-state index contributed by atoms with van der Waals surface area (Å²) in [5, 5.41) is 3.99. The van der Waals surface area contributed by atoms with Crippen LogP contribution in [0.1, 0.15) is 12.5 Å². The molecule has 0 aliphatic heterocycles. The molecule has 0 bridgehead atoms. The first-order valence-electron chi connectivity index (χ1n) is 6.06. The molecule has 0 atom stereocenters. The lowest BCUT2D eigenvalue weighted by Crippen LogP contribution is -2.29. The third-order valence-electron chi connectivity index (χ3n) is 2.66. The molecule has 0 aliphatic rings. The van der Waals surface area contributed by atoms with Crippen LogP contribution in [0, 0.1) is 0 Å². The van der Waals surface area contributed by atoms with E-state index in [0.29, 0.717) is 5.71 Å². The Morgan fingerprint density at radius 3 is 2.75 bits per heavy atom. The largest absolute Gasteiger partial charge is 0.306 e. The van der Waals surface area contributed by atoms with E-state index in [4.69, 9.17) is 0 Å². The van der Waals surface area contributed by atoms with Crippen molar-refractivity contribution in [1.29, 1.82) is 0 Å². The molecule has 1 N–H and O–H groups in total. The molecule has 2 aromatic heterocycles. The highest BCUT2D eigenvalue weighted by molar-refractivity contribution is 5.99. The van der Waals surface area contributed by atoms with Crippen molar-refractivity contribution in [2.75, 3.05) is 0 Å². The van der Waals surface area contributed by atoms with Crippen molar-refractivity contribution < 1.29 is 4.79 Å². The van der Waals surface area contributed by atoms with Gasteiger partial charge in [-0.15, -0.1) is 0 Å². The SMILES string of the molecule is C/C(=N/NC(=O)Cn1ccccc1=O)c1ccncc1. The summed E-state index contributed by atoms with van der Waals surface area (Å²) in [4.78, 5) is 27.1. The van der Waals surface area contributed by atoms with Gasteiger partial charge in [0.05, 0.1) is 5.71 Å². The van der Waals surface area contributed by atoms with Crippen molar-refractivity contribution in [3.05, 3.63) is 64.8 Å². The molecule has 2 rings (SSSR count). The fraction of sp³-hybridized carbons (Fsp3) is 0.143. The maximum absolute atomic E-state index is 11.7. The number of hydrazone groups is 1. The van der Waals surface area contributed by atoms with Crippen LogP contribution < -0.4 is 11.0 Å². The summed E-state index contributed by atoms with van der Waals surface area (Å²) in [6.45, 7) is 1.72. The molecule has 6 heteroatoms. The zero-order chi connectivity index (χ0) is 14.4. The Hall–Kier alpha value is -2.76. The summed E-state index contributed by atoms with van der Waals surface area (Å²) in [5.74, 6) is -0.355. The maximum Gasteiger partial charge on any atom is 0.260 e. The summed E-state index contributed by atoms with van der Waals surface area (Å²) in [6.07, 6.45) is 4.86. The fourth-order valence-corrected chi connectivity index (χ4v) is 1.59. The van der Waals surface area contributed by atoms with Crippen molar-refractivity contribution >= 4 is 11.6 Å². The minimum Gasteiger partial charge on any atom is -0.306 e. The number of hydrogen-bond acceptors (Lipinski definition) is 4. The predicted octanol–water partition coefficient (Wildman–Crippen LogP) is 0.784. The van der Waals surface area contributed by atoms with Crippen LogP contribution in [-0.4, -0.2) is 21.2 Å². The van der Waals surface area contributed by atoms with Gasteiger partial charge in [-0.1, -0.05) is 6.07 Å². The monoisotopic (exact) mass is 270 g/mol. The van der Waals surface area contributed by atoms with E-state index in [9.17, 15) is 9.59 Å². The van der Waals surface area contributed by atoms with Gasteiger partial charge in [-0.3, -0.25) is 14.6 Å². The molecule has 0 fully saturated rings. The molecule has 0 unspecified atom stereocenters. The van der Waals surface area contributed by atoms with Gasteiger partial charge in [0, 0.05) is 30.2 Å². The summed E-state index contributed by atoms with van der Waals surface area (Å²) in [7, 11) is 0. The fourth-order valence-electron chi connectivity index (χ4n) is 1.59. The van der Waals surface area contributed by atoms with Gasteiger partial charge in [0.1, 0.15) is 6.54 Å². The molecule has 0 aromatic carbocycles. The van der Waals surface area contributed by atoms with E-state index >= 15 is 0 Å². The average molecular weight is 270 g/mol. The Bertz CT molecular complexity index is 677. The lowest BCUT2D eigenvalue weighted by atomic mass is 10.2. The van der Waals surface area contributed by atoms with Crippen molar-refractivity contribution in [1.82, 2.24) is 15.0 Å². The number of hydrogen-bond donors (Lipinski definition) is 1. The van der Waals surface area contributed by atoms with Crippen LogP contribution in [0.5, 0.6) is 0 Å². The number of amides is 1. The van der Waals surface area contributed by atoms with Crippen molar-refractivity contribution in [2.24, 2.45) is 5.10 Å². The van der Waals surface area contributed by atoms with E-state index in [1.54, 1.807) is 49.8 Å². The molecule has 0 saturated carbocycles. The second kappa shape index (κ2) is 6.42. The van der Waals surface area contributed by atoms with Gasteiger partial charge >= 0.3 is 0 Å². The van der Waals surface area contributed by atoms with Gasteiger partial charge < -0.3 is 4.57 Å². The minimum absolute atomic E-state index is 0.0627. The molecule has 2 heterocycles.